The van der Waals surface area contributed by atoms with Crippen LogP contribution >= 0.6 is 0 Å². The van der Waals surface area contributed by atoms with E-state index in [0.717, 1.165) is 16.4 Å². The number of nitrogens with zero attached hydrogens (tertiary/aromatic N) is 1. The summed E-state index contributed by atoms with van der Waals surface area (Å²) < 4.78 is 26.1. The quantitative estimate of drug-likeness (QED) is 0.403. The lowest BCUT2D eigenvalue weighted by Crippen LogP contribution is -2.02. The van der Waals surface area contributed by atoms with E-state index >= 15 is 0 Å². The van der Waals surface area contributed by atoms with Gasteiger partial charge in [-0.2, -0.15) is 8.42 Å². The summed E-state index contributed by atoms with van der Waals surface area (Å²) >= 11 is 0. The second kappa shape index (κ2) is 10.2. The standard InChI is InChI=1S/C13H13NO4S.C9H7N/c15-13-6-3-10-9-11(4-5-12(10)14-13)18-7-1-2-8-19(16)17;1-2-6-9-8(4-1)5-3-7-10-9/h3-6,8-9H,1-2,7H2,(H,14,15);1-7H. The third-order valence-electron chi connectivity index (χ3n) is 4.08. The van der Waals surface area contributed by atoms with E-state index in [4.69, 9.17) is 4.74 Å². The number of ether oxygens (including phenoxy) is 1. The number of H-pyrrole nitrogens is 1. The van der Waals surface area contributed by atoms with Gasteiger partial charge < -0.3 is 9.72 Å². The smallest absolute Gasteiger partial charge is 0.248 e. The molecule has 0 bridgehead atoms. The first-order valence-electron chi connectivity index (χ1n) is 9.09. The number of para-hydroxylation sites is 1. The molecular weight excluding hydrogens is 388 g/mol. The van der Waals surface area contributed by atoms with E-state index in [2.05, 4.69) is 22.1 Å². The Morgan fingerprint density at radius 1 is 0.966 bits per heavy atom. The molecule has 4 rings (SSSR count). The predicted molar refractivity (Wildman–Crippen MR) is 116 cm³/mol. The van der Waals surface area contributed by atoms with Gasteiger partial charge >= 0.3 is 0 Å². The Morgan fingerprint density at radius 2 is 1.79 bits per heavy atom. The zero-order valence-corrected chi connectivity index (χ0v) is 16.4. The first-order chi connectivity index (χ1) is 14.1. The number of pyridine rings is 2. The molecule has 0 unspecified atom stereocenters. The monoisotopic (exact) mass is 408 g/mol. The van der Waals surface area contributed by atoms with E-state index in [9.17, 15) is 13.2 Å². The number of nitrogens with one attached hydrogen (secondary N) is 1. The summed E-state index contributed by atoms with van der Waals surface area (Å²) in [5, 5.41) is 3.31. The van der Waals surface area contributed by atoms with Crippen molar-refractivity contribution in [2.45, 2.75) is 12.8 Å². The summed E-state index contributed by atoms with van der Waals surface area (Å²) in [4.78, 5) is 18.0. The van der Waals surface area contributed by atoms with Crippen LogP contribution in [0, 0.1) is 0 Å². The lowest BCUT2D eigenvalue weighted by Gasteiger charge is -2.06. The lowest BCUT2D eigenvalue weighted by atomic mass is 10.2. The van der Waals surface area contributed by atoms with Crippen molar-refractivity contribution in [1.29, 1.82) is 0 Å². The van der Waals surface area contributed by atoms with Crippen LogP contribution in [0.25, 0.3) is 21.8 Å². The van der Waals surface area contributed by atoms with E-state index < -0.39 is 10.3 Å². The molecule has 0 radical (unpaired) electrons. The van der Waals surface area contributed by atoms with Crippen LogP contribution in [0.5, 0.6) is 5.75 Å². The van der Waals surface area contributed by atoms with Crippen molar-refractivity contribution < 1.29 is 13.2 Å². The Hall–Kier alpha value is -3.45. The van der Waals surface area contributed by atoms with E-state index in [0.29, 0.717) is 25.2 Å². The number of aromatic amines is 1. The minimum absolute atomic E-state index is 0.137. The van der Waals surface area contributed by atoms with Crippen LogP contribution in [-0.4, -0.2) is 30.4 Å². The molecule has 0 fully saturated rings. The van der Waals surface area contributed by atoms with Crippen molar-refractivity contribution in [2.75, 3.05) is 6.61 Å². The number of hydrogen-bond donors (Lipinski definition) is 1. The number of hydrogen-bond acceptors (Lipinski definition) is 5. The van der Waals surface area contributed by atoms with Crippen molar-refractivity contribution >= 4 is 37.5 Å². The molecule has 6 nitrogen and oxygen atoms in total. The highest BCUT2D eigenvalue weighted by molar-refractivity contribution is 7.71. The zero-order chi connectivity index (χ0) is 20.5. The van der Waals surface area contributed by atoms with E-state index in [1.807, 2.05) is 36.5 Å². The molecule has 29 heavy (non-hydrogen) atoms. The number of aromatic nitrogens is 2. The third kappa shape index (κ3) is 6.29. The molecule has 0 amide bonds. The summed E-state index contributed by atoms with van der Waals surface area (Å²) in [6.45, 7) is 0.447. The van der Waals surface area contributed by atoms with Crippen molar-refractivity contribution in [2.24, 2.45) is 0 Å². The number of rotatable bonds is 5. The van der Waals surface area contributed by atoms with Gasteiger partial charge in [0, 0.05) is 33.9 Å². The Morgan fingerprint density at radius 3 is 2.62 bits per heavy atom. The molecule has 2 aromatic carbocycles. The second-order valence-corrected chi connectivity index (χ2v) is 7.04. The average molecular weight is 408 g/mol. The molecule has 0 aliphatic heterocycles. The highest BCUT2D eigenvalue weighted by Crippen LogP contribution is 2.18. The first kappa shape index (κ1) is 20.3. The number of benzene rings is 2. The molecule has 0 saturated heterocycles. The van der Waals surface area contributed by atoms with E-state index in [1.54, 1.807) is 18.2 Å². The minimum atomic E-state index is -2.10. The van der Waals surface area contributed by atoms with Crippen LogP contribution in [0.2, 0.25) is 0 Å². The summed E-state index contributed by atoms with van der Waals surface area (Å²) in [6, 6.07) is 20.7. The lowest BCUT2D eigenvalue weighted by molar-refractivity contribution is 0.314. The molecule has 2 heterocycles. The molecule has 0 aliphatic carbocycles. The van der Waals surface area contributed by atoms with Gasteiger partial charge in [0.2, 0.25) is 15.9 Å². The zero-order valence-electron chi connectivity index (χ0n) is 15.6. The fourth-order valence-corrected chi connectivity index (χ4v) is 3.05. The third-order valence-corrected chi connectivity index (χ3v) is 4.59. The normalized spacial score (nSPS) is 10.2. The summed E-state index contributed by atoms with van der Waals surface area (Å²) in [7, 11) is -2.10. The summed E-state index contributed by atoms with van der Waals surface area (Å²) in [5.41, 5.74) is 1.68. The predicted octanol–water partition coefficient (Wildman–Crippen LogP) is 3.60. The van der Waals surface area contributed by atoms with Gasteiger partial charge in [-0.25, -0.2) is 0 Å². The second-order valence-electron chi connectivity index (χ2n) is 6.19. The van der Waals surface area contributed by atoms with Gasteiger partial charge in [0.15, 0.2) is 0 Å². The highest BCUT2D eigenvalue weighted by atomic mass is 32.2. The van der Waals surface area contributed by atoms with Crippen molar-refractivity contribution in [1.82, 2.24) is 9.97 Å². The van der Waals surface area contributed by atoms with E-state index in [1.165, 1.54) is 16.8 Å². The van der Waals surface area contributed by atoms with Gasteiger partial charge in [-0.15, -0.1) is 0 Å². The molecule has 0 atom stereocenters. The molecule has 0 spiro atoms. The van der Waals surface area contributed by atoms with Crippen LogP contribution in [0.4, 0.5) is 0 Å². The topological polar surface area (TPSA) is 89.1 Å². The number of unbranched alkanes of at least 4 members (excludes halogenated alkanes) is 1. The maximum Gasteiger partial charge on any atom is 0.248 e. The molecular formula is C22H20N2O4S. The van der Waals surface area contributed by atoms with Crippen LogP contribution in [-0.2, 0) is 10.3 Å². The molecule has 4 aromatic rings. The highest BCUT2D eigenvalue weighted by Gasteiger charge is 1.98. The van der Waals surface area contributed by atoms with Crippen LogP contribution in [0.15, 0.2) is 77.7 Å². The molecule has 0 saturated carbocycles. The molecule has 2 aromatic heterocycles. The first-order valence-corrected chi connectivity index (χ1v) is 10.2. The van der Waals surface area contributed by atoms with E-state index in [-0.39, 0.29) is 5.56 Å². The van der Waals surface area contributed by atoms with Crippen molar-refractivity contribution in [3.8, 4) is 5.75 Å². The van der Waals surface area contributed by atoms with Gasteiger partial charge in [0.1, 0.15) is 5.75 Å². The fraction of sp³-hybridized carbons (Fsp3) is 0.136. The SMILES string of the molecule is O=c1ccc2cc(OCCCC=S(=O)=O)ccc2[nH]1.c1ccc2ncccc2c1. The van der Waals surface area contributed by atoms with Crippen molar-refractivity contribution in [3.05, 3.63) is 83.3 Å². The van der Waals surface area contributed by atoms with Crippen LogP contribution < -0.4 is 10.3 Å². The van der Waals surface area contributed by atoms with Gasteiger partial charge in [0.05, 0.1) is 12.1 Å². The number of fused-ring (bicyclic) bond motifs is 2. The van der Waals surface area contributed by atoms with Gasteiger partial charge in [0.25, 0.3) is 0 Å². The Balaban J connectivity index is 0.000000200. The fourth-order valence-electron chi connectivity index (χ4n) is 2.69. The van der Waals surface area contributed by atoms with Gasteiger partial charge in [-0.1, -0.05) is 24.3 Å². The molecule has 1 N–H and O–H groups in total. The average Bonchev–Trinajstić information content (AvgIpc) is 2.74. The summed E-state index contributed by atoms with van der Waals surface area (Å²) in [6.07, 6.45) is 2.91. The van der Waals surface area contributed by atoms with Gasteiger partial charge in [-0.3, -0.25) is 9.78 Å². The maximum absolute atomic E-state index is 11.1. The largest absolute Gasteiger partial charge is 0.494 e. The molecule has 7 heteroatoms. The molecule has 148 valence electrons. The van der Waals surface area contributed by atoms with Crippen LogP contribution in [0.1, 0.15) is 12.8 Å². The van der Waals surface area contributed by atoms with Crippen molar-refractivity contribution in [3.63, 3.8) is 0 Å². The Labute approximate surface area is 169 Å². The van der Waals surface area contributed by atoms with Gasteiger partial charge in [-0.05, 0) is 49.2 Å². The maximum atomic E-state index is 11.1. The molecule has 0 aliphatic rings. The Bertz CT molecular complexity index is 1220. The minimum Gasteiger partial charge on any atom is -0.494 e. The van der Waals surface area contributed by atoms with Crippen LogP contribution in [0.3, 0.4) is 0 Å². The Kier molecular flexibility index (Phi) is 7.13. The summed E-state index contributed by atoms with van der Waals surface area (Å²) in [5.74, 6) is 0.697.